The van der Waals surface area contributed by atoms with Crippen LogP contribution >= 0.6 is 11.3 Å². The lowest BCUT2D eigenvalue weighted by Crippen LogP contribution is -2.44. The summed E-state index contributed by atoms with van der Waals surface area (Å²) in [6.45, 7) is 13.2. The predicted octanol–water partition coefficient (Wildman–Crippen LogP) is 2.28. The second-order valence-corrected chi connectivity index (χ2v) is 7.58. The fourth-order valence-corrected chi connectivity index (χ4v) is 3.35. The molecule has 0 spiro atoms. The van der Waals surface area contributed by atoms with Gasteiger partial charge in [0.25, 0.3) is 0 Å². The number of thiazole rings is 1. The number of nitrogens with zero attached hydrogens (tertiary/aromatic N) is 2. The lowest BCUT2D eigenvalue weighted by atomic mass is 9.89. The highest BCUT2D eigenvalue weighted by atomic mass is 32.1. The molecule has 1 aliphatic heterocycles. The minimum absolute atomic E-state index is 0.0601. The minimum Gasteiger partial charge on any atom is -0.462 e. The number of hydrogen-bond donors (Lipinski definition) is 2. The lowest BCUT2D eigenvalue weighted by molar-refractivity contribution is -0.0945. The average Bonchev–Trinajstić information content (AvgIpc) is 2.93. The molecule has 1 unspecified atom stereocenters. The summed E-state index contributed by atoms with van der Waals surface area (Å²) in [5.41, 5.74) is 0.827. The first kappa shape index (κ1) is 19.7. The largest absolute Gasteiger partial charge is 0.462 e. The van der Waals surface area contributed by atoms with Crippen LogP contribution in [0.3, 0.4) is 0 Å². The summed E-state index contributed by atoms with van der Waals surface area (Å²) in [7, 11) is 0. The van der Waals surface area contributed by atoms with E-state index in [1.165, 1.54) is 11.3 Å². The van der Waals surface area contributed by atoms with Crippen molar-refractivity contribution in [1.29, 1.82) is 0 Å². The van der Waals surface area contributed by atoms with E-state index in [4.69, 9.17) is 9.47 Å². The number of nitrogens with one attached hydrogen (secondary N) is 2. The maximum atomic E-state index is 12.0. The van der Waals surface area contributed by atoms with Gasteiger partial charge in [-0.25, -0.2) is 9.78 Å². The number of rotatable bonds is 7. The third-order valence-electron chi connectivity index (χ3n) is 3.86. The Morgan fingerprint density at radius 1 is 1.48 bits per heavy atom. The van der Waals surface area contributed by atoms with Gasteiger partial charge < -0.3 is 20.1 Å². The zero-order valence-corrected chi connectivity index (χ0v) is 16.5. The molecule has 1 saturated heterocycles. The first-order valence-electron chi connectivity index (χ1n) is 8.65. The lowest BCUT2D eigenvalue weighted by Gasteiger charge is -2.36. The molecule has 1 aromatic rings. The molecule has 1 fully saturated rings. The molecular weight excluding hydrogens is 340 g/mol. The van der Waals surface area contributed by atoms with E-state index in [1.807, 2.05) is 20.8 Å². The molecule has 8 heteroatoms. The molecule has 1 aromatic heterocycles. The molecule has 140 valence electrons. The fraction of sp³-hybridized carbons (Fsp3) is 0.706. The summed E-state index contributed by atoms with van der Waals surface area (Å²) in [4.78, 5) is 21.7. The highest BCUT2D eigenvalue weighted by molar-refractivity contribution is 7.13. The van der Waals surface area contributed by atoms with Gasteiger partial charge in [-0.3, -0.25) is 4.99 Å². The number of carbonyl (C=O) groups excluding carboxylic acids is 1. The number of hydrogen-bond acceptors (Lipinski definition) is 6. The number of aromatic nitrogens is 1. The molecule has 7 nitrogen and oxygen atoms in total. The normalized spacial score (nSPS) is 17.6. The monoisotopic (exact) mass is 368 g/mol. The number of guanidine groups is 1. The SMILES string of the molecule is CCNC(=NCC1(C)COC1)NC(C)c1nc(C)c(C(=O)OCC)s1. The summed E-state index contributed by atoms with van der Waals surface area (Å²) in [5, 5.41) is 7.45. The Balaban J connectivity index is 2.04. The van der Waals surface area contributed by atoms with E-state index < -0.39 is 0 Å². The van der Waals surface area contributed by atoms with Gasteiger partial charge in [-0.2, -0.15) is 0 Å². The van der Waals surface area contributed by atoms with E-state index in [0.717, 1.165) is 30.7 Å². The molecule has 0 radical (unpaired) electrons. The van der Waals surface area contributed by atoms with Gasteiger partial charge >= 0.3 is 5.97 Å². The Bertz CT molecular complexity index is 625. The van der Waals surface area contributed by atoms with Crippen molar-refractivity contribution >= 4 is 23.3 Å². The molecule has 1 aliphatic rings. The Kier molecular flexibility index (Phi) is 6.78. The summed E-state index contributed by atoms with van der Waals surface area (Å²) in [6.07, 6.45) is 0. The third kappa shape index (κ3) is 5.15. The van der Waals surface area contributed by atoms with E-state index in [9.17, 15) is 4.79 Å². The molecule has 2 N–H and O–H groups in total. The predicted molar refractivity (Wildman–Crippen MR) is 99.3 cm³/mol. The number of aryl methyl sites for hydroxylation is 1. The van der Waals surface area contributed by atoms with Crippen molar-refractivity contribution in [3.05, 3.63) is 15.6 Å². The van der Waals surface area contributed by atoms with Crippen LogP contribution in [0.1, 0.15) is 54.1 Å². The van der Waals surface area contributed by atoms with Gasteiger partial charge in [-0.05, 0) is 27.7 Å². The second-order valence-electron chi connectivity index (χ2n) is 6.55. The van der Waals surface area contributed by atoms with Crippen LogP contribution in [0.4, 0.5) is 0 Å². The van der Waals surface area contributed by atoms with Crippen LogP contribution in [-0.4, -0.2) is 49.8 Å². The summed E-state index contributed by atoms with van der Waals surface area (Å²) >= 11 is 1.36. The summed E-state index contributed by atoms with van der Waals surface area (Å²) in [6, 6.07) is -0.0601. The zero-order chi connectivity index (χ0) is 18.4. The molecule has 0 aromatic carbocycles. The number of carbonyl (C=O) groups is 1. The molecule has 0 saturated carbocycles. The van der Waals surface area contributed by atoms with E-state index >= 15 is 0 Å². The second kappa shape index (κ2) is 8.62. The third-order valence-corrected chi connectivity index (χ3v) is 5.18. The van der Waals surface area contributed by atoms with Gasteiger partial charge in [0.15, 0.2) is 5.96 Å². The quantitative estimate of drug-likeness (QED) is 0.436. The first-order chi connectivity index (χ1) is 11.9. The Hall–Kier alpha value is -1.67. The van der Waals surface area contributed by atoms with Crippen molar-refractivity contribution in [3.8, 4) is 0 Å². The molecule has 1 atom stereocenters. The number of aliphatic imine (C=N–C) groups is 1. The average molecular weight is 369 g/mol. The standard InChI is InChI=1S/C17H28N4O3S/c1-6-18-16(19-8-17(5)9-23-10-17)21-12(4)14-20-11(3)13(25-14)15(22)24-7-2/h12H,6-10H2,1-5H3,(H2,18,19,21). The van der Waals surface area contributed by atoms with Crippen molar-refractivity contribution in [2.24, 2.45) is 10.4 Å². The molecule has 0 bridgehead atoms. The summed E-state index contributed by atoms with van der Waals surface area (Å²) < 4.78 is 10.4. The van der Waals surface area contributed by atoms with Gasteiger partial charge in [0.05, 0.1) is 38.1 Å². The van der Waals surface area contributed by atoms with Gasteiger partial charge in [0.2, 0.25) is 0 Å². The van der Waals surface area contributed by atoms with E-state index in [-0.39, 0.29) is 17.4 Å². The Morgan fingerprint density at radius 3 is 2.76 bits per heavy atom. The van der Waals surface area contributed by atoms with Crippen LogP contribution in [0, 0.1) is 12.3 Å². The summed E-state index contributed by atoms with van der Waals surface area (Å²) in [5.74, 6) is 0.433. The van der Waals surface area contributed by atoms with Crippen LogP contribution < -0.4 is 10.6 Å². The first-order valence-corrected chi connectivity index (χ1v) is 9.47. The topological polar surface area (TPSA) is 84.8 Å². The van der Waals surface area contributed by atoms with Crippen LogP contribution in [0.25, 0.3) is 0 Å². The Labute approximate surface area is 153 Å². The van der Waals surface area contributed by atoms with Gasteiger partial charge in [0.1, 0.15) is 9.88 Å². The smallest absolute Gasteiger partial charge is 0.350 e. The van der Waals surface area contributed by atoms with Crippen molar-refractivity contribution < 1.29 is 14.3 Å². The number of esters is 1. The van der Waals surface area contributed by atoms with Crippen molar-refractivity contribution in [2.45, 2.75) is 40.7 Å². The van der Waals surface area contributed by atoms with Crippen molar-refractivity contribution in [2.75, 3.05) is 32.9 Å². The fourth-order valence-electron chi connectivity index (χ4n) is 2.39. The van der Waals surface area contributed by atoms with Crippen LogP contribution in [0.15, 0.2) is 4.99 Å². The van der Waals surface area contributed by atoms with Crippen LogP contribution in [0.5, 0.6) is 0 Å². The van der Waals surface area contributed by atoms with E-state index in [2.05, 4.69) is 27.5 Å². The molecule has 0 aliphatic carbocycles. The molecular formula is C17H28N4O3S. The van der Waals surface area contributed by atoms with Gasteiger partial charge in [-0.15, -0.1) is 11.3 Å². The van der Waals surface area contributed by atoms with Crippen LogP contribution in [-0.2, 0) is 9.47 Å². The van der Waals surface area contributed by atoms with Crippen LogP contribution in [0.2, 0.25) is 0 Å². The molecule has 2 heterocycles. The minimum atomic E-state index is -0.311. The zero-order valence-electron chi connectivity index (χ0n) is 15.6. The highest BCUT2D eigenvalue weighted by Gasteiger charge is 2.33. The van der Waals surface area contributed by atoms with E-state index in [0.29, 0.717) is 23.7 Å². The van der Waals surface area contributed by atoms with Gasteiger partial charge in [-0.1, -0.05) is 6.92 Å². The number of ether oxygens (including phenoxy) is 2. The maximum Gasteiger partial charge on any atom is 0.350 e. The van der Waals surface area contributed by atoms with E-state index in [1.54, 1.807) is 6.92 Å². The Morgan fingerprint density at radius 2 is 2.20 bits per heavy atom. The van der Waals surface area contributed by atoms with Crippen molar-refractivity contribution in [1.82, 2.24) is 15.6 Å². The molecule has 0 amide bonds. The van der Waals surface area contributed by atoms with Crippen molar-refractivity contribution in [3.63, 3.8) is 0 Å². The molecule has 25 heavy (non-hydrogen) atoms. The highest BCUT2D eigenvalue weighted by Crippen LogP contribution is 2.27. The van der Waals surface area contributed by atoms with Gasteiger partial charge in [0, 0.05) is 12.0 Å². The maximum absolute atomic E-state index is 12.0. The molecule has 2 rings (SSSR count).